The second kappa shape index (κ2) is 4.38. The molecule has 4 heteroatoms. The van der Waals surface area contributed by atoms with E-state index in [-0.39, 0.29) is 23.6 Å². The number of pyridine rings is 1. The van der Waals surface area contributed by atoms with Crippen LogP contribution in [0.4, 0.5) is 0 Å². The van der Waals surface area contributed by atoms with Gasteiger partial charge in [0.05, 0.1) is 11.6 Å². The molecule has 0 fully saturated rings. The Kier molecular flexibility index (Phi) is 2.92. The van der Waals surface area contributed by atoms with Crippen molar-refractivity contribution in [1.82, 2.24) is 9.88 Å². The number of hydrogen-bond acceptors (Lipinski definition) is 3. The average Bonchev–Trinajstić information content (AvgIpc) is 2.61. The average molecular weight is 228 g/mol. The van der Waals surface area contributed by atoms with E-state index in [1.165, 1.54) is 11.1 Å². The third-order valence-electron chi connectivity index (χ3n) is 2.87. The highest BCUT2D eigenvalue weighted by molar-refractivity contribution is 6.20. The minimum atomic E-state index is -0.340. The quantitative estimate of drug-likeness (QED) is 0.581. The van der Waals surface area contributed by atoms with E-state index in [1.807, 2.05) is 6.92 Å². The number of amides is 2. The van der Waals surface area contributed by atoms with Gasteiger partial charge >= 0.3 is 0 Å². The van der Waals surface area contributed by atoms with Crippen molar-refractivity contribution >= 4 is 11.8 Å². The van der Waals surface area contributed by atoms with Crippen LogP contribution in [0.3, 0.4) is 0 Å². The molecule has 0 bridgehead atoms. The van der Waals surface area contributed by atoms with Crippen molar-refractivity contribution in [3.63, 3.8) is 0 Å². The zero-order chi connectivity index (χ0) is 12.4. The Morgan fingerprint density at radius 2 is 2.24 bits per heavy atom. The third kappa shape index (κ3) is 1.70. The monoisotopic (exact) mass is 228 g/mol. The van der Waals surface area contributed by atoms with Crippen LogP contribution in [-0.4, -0.2) is 27.7 Å². The topological polar surface area (TPSA) is 50.3 Å². The van der Waals surface area contributed by atoms with Gasteiger partial charge < -0.3 is 0 Å². The predicted molar refractivity (Wildman–Crippen MR) is 62.3 cm³/mol. The Bertz CT molecular complexity index is 481. The molecule has 0 aliphatic carbocycles. The van der Waals surface area contributed by atoms with Gasteiger partial charge in [-0.15, -0.1) is 12.3 Å². The van der Waals surface area contributed by atoms with Crippen LogP contribution in [0, 0.1) is 12.3 Å². The molecule has 0 spiro atoms. The van der Waals surface area contributed by atoms with Gasteiger partial charge in [-0.3, -0.25) is 19.5 Å². The zero-order valence-corrected chi connectivity index (χ0v) is 9.51. The summed E-state index contributed by atoms with van der Waals surface area (Å²) in [5.41, 5.74) is 0.598. The summed E-state index contributed by atoms with van der Waals surface area (Å²) in [7, 11) is 0. The van der Waals surface area contributed by atoms with Crippen LogP contribution in [0.15, 0.2) is 18.3 Å². The van der Waals surface area contributed by atoms with Crippen molar-refractivity contribution in [1.29, 1.82) is 0 Å². The van der Waals surface area contributed by atoms with Crippen LogP contribution in [0.2, 0.25) is 0 Å². The maximum atomic E-state index is 12.1. The summed E-state index contributed by atoms with van der Waals surface area (Å²) in [6.07, 6.45) is 7.79. The van der Waals surface area contributed by atoms with Crippen LogP contribution >= 0.6 is 0 Å². The second-order valence-electron chi connectivity index (χ2n) is 3.85. The van der Waals surface area contributed by atoms with Gasteiger partial charge in [-0.05, 0) is 18.6 Å². The molecule has 0 saturated carbocycles. The lowest BCUT2D eigenvalue weighted by atomic mass is 10.1. The van der Waals surface area contributed by atoms with E-state index >= 15 is 0 Å². The minimum absolute atomic E-state index is 0.230. The van der Waals surface area contributed by atoms with Crippen LogP contribution in [0.25, 0.3) is 0 Å². The normalized spacial score (nSPS) is 15.6. The van der Waals surface area contributed by atoms with Crippen LogP contribution in [-0.2, 0) is 0 Å². The molecule has 4 nitrogen and oxygen atoms in total. The lowest BCUT2D eigenvalue weighted by Crippen LogP contribution is -2.39. The molecule has 2 rings (SSSR count). The zero-order valence-electron chi connectivity index (χ0n) is 9.51. The van der Waals surface area contributed by atoms with E-state index in [9.17, 15) is 9.59 Å². The highest BCUT2D eigenvalue weighted by Crippen LogP contribution is 2.24. The largest absolute Gasteiger partial charge is 0.280 e. The molecule has 1 aliphatic heterocycles. The summed E-state index contributed by atoms with van der Waals surface area (Å²) in [6, 6.07) is 3.02. The Morgan fingerprint density at radius 1 is 1.47 bits per heavy atom. The molecule has 1 aliphatic rings. The fraction of sp³-hybridized carbons (Fsp3) is 0.308. The number of terminal acetylenes is 1. The molecule has 0 saturated heterocycles. The fourth-order valence-corrected chi connectivity index (χ4v) is 1.97. The first-order valence-electron chi connectivity index (χ1n) is 5.47. The summed E-state index contributed by atoms with van der Waals surface area (Å²) in [4.78, 5) is 29.3. The highest BCUT2D eigenvalue weighted by Gasteiger charge is 2.39. The minimum Gasteiger partial charge on any atom is -0.269 e. The summed E-state index contributed by atoms with van der Waals surface area (Å²) >= 11 is 0. The van der Waals surface area contributed by atoms with Gasteiger partial charge in [0.2, 0.25) is 0 Å². The summed E-state index contributed by atoms with van der Waals surface area (Å²) in [5, 5.41) is 0. The molecule has 0 aromatic carbocycles. The molecule has 0 N–H and O–H groups in total. The molecule has 1 aromatic heterocycles. The molecule has 86 valence electrons. The predicted octanol–water partition coefficient (Wildman–Crippen LogP) is 1.48. The van der Waals surface area contributed by atoms with Crippen molar-refractivity contribution in [2.75, 3.05) is 0 Å². The maximum Gasteiger partial charge on any atom is 0.280 e. The number of imide groups is 1. The first kappa shape index (κ1) is 11.3. The molecule has 2 heterocycles. The molecule has 1 aromatic rings. The van der Waals surface area contributed by atoms with Crippen molar-refractivity contribution < 1.29 is 9.59 Å². The molecule has 1 atom stereocenters. The van der Waals surface area contributed by atoms with Crippen LogP contribution < -0.4 is 0 Å². The van der Waals surface area contributed by atoms with Gasteiger partial charge in [0.25, 0.3) is 11.8 Å². The van der Waals surface area contributed by atoms with E-state index in [1.54, 1.807) is 12.1 Å². The molecule has 2 amide bonds. The van der Waals surface area contributed by atoms with Gasteiger partial charge in [0.15, 0.2) is 0 Å². The first-order valence-corrected chi connectivity index (χ1v) is 5.47. The lowest BCUT2D eigenvalue weighted by Gasteiger charge is -2.22. The number of rotatable bonds is 3. The first-order chi connectivity index (χ1) is 8.20. The Labute approximate surface area is 99.6 Å². The smallest absolute Gasteiger partial charge is 0.269 e. The Hall–Kier alpha value is -2.15. The molecule has 0 radical (unpaired) electrons. The summed E-state index contributed by atoms with van der Waals surface area (Å²) in [5.74, 6) is 1.87. The summed E-state index contributed by atoms with van der Waals surface area (Å²) < 4.78 is 0. The van der Waals surface area contributed by atoms with Gasteiger partial charge in [-0.25, -0.2) is 0 Å². The second-order valence-corrected chi connectivity index (χ2v) is 3.85. The van der Waals surface area contributed by atoms with Gasteiger partial charge in [0.1, 0.15) is 5.69 Å². The summed E-state index contributed by atoms with van der Waals surface area (Å²) in [6.45, 7) is 1.90. The molecule has 1 unspecified atom stereocenters. The third-order valence-corrected chi connectivity index (χ3v) is 2.87. The maximum absolute atomic E-state index is 12.1. The standard InChI is InChI=1S/C13H12N2O2/c1-3-6-9(4-2)15-12(16)10-7-5-8-14-11(10)13(15)17/h1,5,7-9H,4,6H2,2H3. The molecular weight excluding hydrogens is 216 g/mol. The number of hydrogen-bond donors (Lipinski definition) is 0. The lowest BCUT2D eigenvalue weighted by molar-refractivity contribution is 0.0581. The fourth-order valence-electron chi connectivity index (χ4n) is 1.97. The number of carbonyl (C=O) groups is 2. The number of nitrogens with zero attached hydrogens (tertiary/aromatic N) is 2. The van der Waals surface area contributed by atoms with Crippen molar-refractivity contribution in [2.45, 2.75) is 25.8 Å². The van der Waals surface area contributed by atoms with E-state index in [0.29, 0.717) is 18.4 Å². The highest BCUT2D eigenvalue weighted by atomic mass is 16.2. The van der Waals surface area contributed by atoms with E-state index < -0.39 is 0 Å². The van der Waals surface area contributed by atoms with Crippen molar-refractivity contribution in [3.05, 3.63) is 29.6 Å². The van der Waals surface area contributed by atoms with Gasteiger partial charge in [0, 0.05) is 12.6 Å². The van der Waals surface area contributed by atoms with Gasteiger partial charge in [-0.2, -0.15) is 0 Å². The molecule has 17 heavy (non-hydrogen) atoms. The molecular formula is C13H12N2O2. The Morgan fingerprint density at radius 3 is 2.82 bits per heavy atom. The van der Waals surface area contributed by atoms with E-state index in [4.69, 9.17) is 6.42 Å². The van der Waals surface area contributed by atoms with Crippen molar-refractivity contribution in [2.24, 2.45) is 0 Å². The van der Waals surface area contributed by atoms with Gasteiger partial charge in [-0.1, -0.05) is 6.92 Å². The number of fused-ring (bicyclic) bond motifs is 1. The van der Waals surface area contributed by atoms with E-state index in [0.717, 1.165) is 0 Å². The SMILES string of the molecule is C#CCC(CC)N1C(=O)c2cccnc2C1=O. The number of aromatic nitrogens is 1. The number of carbonyl (C=O) groups excluding carboxylic acids is 2. The van der Waals surface area contributed by atoms with Crippen LogP contribution in [0.1, 0.15) is 40.6 Å². The Balaban J connectivity index is 2.39. The van der Waals surface area contributed by atoms with E-state index in [2.05, 4.69) is 10.9 Å². The van der Waals surface area contributed by atoms with Crippen molar-refractivity contribution in [3.8, 4) is 12.3 Å². The van der Waals surface area contributed by atoms with Crippen LogP contribution in [0.5, 0.6) is 0 Å².